The van der Waals surface area contributed by atoms with E-state index in [9.17, 15) is 10.1 Å². The number of nitro groups is 1. The van der Waals surface area contributed by atoms with Crippen molar-refractivity contribution < 1.29 is 9.34 Å². The Hall–Kier alpha value is -1.41. The zero-order valence-corrected chi connectivity index (χ0v) is 12.8. The Morgan fingerprint density at radius 2 is 2.21 bits per heavy atom. The number of rotatable bonds is 5. The molecule has 0 aliphatic heterocycles. The maximum atomic E-state index is 10.9. The van der Waals surface area contributed by atoms with Crippen molar-refractivity contribution >= 4 is 43.4 Å². The molecular weight excluding hydrogens is 382 g/mol. The van der Waals surface area contributed by atoms with Gasteiger partial charge in [-0.05, 0) is 44.0 Å². The summed E-state index contributed by atoms with van der Waals surface area (Å²) in [7, 11) is 0. The smallest absolute Gasteiger partial charge is 0.312 e. The first kappa shape index (κ1) is 14.0. The van der Waals surface area contributed by atoms with Crippen LogP contribution in [0, 0.1) is 10.1 Å². The Kier molecular flexibility index (Phi) is 4.54. The number of aromatic nitrogens is 1. The van der Waals surface area contributed by atoms with E-state index >= 15 is 0 Å². The molecule has 0 unspecified atom stereocenters. The largest absolute Gasteiger partial charge is 0.454 e. The lowest BCUT2D eigenvalue weighted by Gasteiger charge is -2.05. The number of hydrogen-bond donors (Lipinski definition) is 1. The maximum absolute atomic E-state index is 10.9. The van der Waals surface area contributed by atoms with Crippen molar-refractivity contribution in [3.8, 4) is 0 Å². The number of nitrogens with one attached hydrogen (secondary N) is 1. The van der Waals surface area contributed by atoms with Crippen LogP contribution in [-0.4, -0.2) is 16.5 Å². The second kappa shape index (κ2) is 6.16. The van der Waals surface area contributed by atoms with E-state index in [0.717, 1.165) is 5.76 Å². The predicted molar refractivity (Wildman–Crippen MR) is 77.2 cm³/mol. The number of furan rings is 1. The SMILES string of the molecule is O=[N+]([O-])c1cc(Br)cnc1NCCc1ccc(Br)o1. The molecule has 0 amide bonds. The molecule has 0 aliphatic rings. The molecule has 2 rings (SSSR count). The standard InChI is InChI=1S/C11H9Br2N3O3/c12-7-5-9(16(17)18)11(15-6-7)14-4-3-8-1-2-10(13)19-8/h1-2,5-6H,3-4H2,(H,14,15). The van der Waals surface area contributed by atoms with Gasteiger partial charge in [0.05, 0.1) is 4.92 Å². The monoisotopic (exact) mass is 389 g/mol. The normalized spacial score (nSPS) is 10.4. The fourth-order valence-electron chi connectivity index (χ4n) is 1.49. The van der Waals surface area contributed by atoms with E-state index in [0.29, 0.717) is 22.1 Å². The fourth-order valence-corrected chi connectivity index (χ4v) is 2.15. The molecule has 0 bridgehead atoms. The van der Waals surface area contributed by atoms with Gasteiger partial charge in [-0.2, -0.15) is 0 Å². The minimum Gasteiger partial charge on any atom is -0.454 e. The van der Waals surface area contributed by atoms with Gasteiger partial charge in [0.1, 0.15) is 5.76 Å². The molecule has 8 heteroatoms. The van der Waals surface area contributed by atoms with E-state index in [2.05, 4.69) is 42.2 Å². The molecular formula is C11H9Br2N3O3. The Morgan fingerprint density at radius 1 is 1.42 bits per heavy atom. The van der Waals surface area contributed by atoms with E-state index in [4.69, 9.17) is 4.42 Å². The average Bonchev–Trinajstić information content (AvgIpc) is 2.77. The van der Waals surface area contributed by atoms with Crippen molar-refractivity contribution in [2.75, 3.05) is 11.9 Å². The van der Waals surface area contributed by atoms with E-state index in [-0.39, 0.29) is 11.5 Å². The van der Waals surface area contributed by atoms with Gasteiger partial charge in [0, 0.05) is 29.7 Å². The third-order valence-corrected chi connectivity index (χ3v) is 3.18. The van der Waals surface area contributed by atoms with Crippen LogP contribution in [0.4, 0.5) is 11.5 Å². The van der Waals surface area contributed by atoms with Crippen LogP contribution in [0.5, 0.6) is 0 Å². The molecule has 0 atom stereocenters. The van der Waals surface area contributed by atoms with Crippen LogP contribution in [-0.2, 0) is 6.42 Å². The highest BCUT2D eigenvalue weighted by atomic mass is 79.9. The molecule has 0 fully saturated rings. The number of hydrogen-bond acceptors (Lipinski definition) is 5. The number of halogens is 2. The molecule has 2 aromatic heterocycles. The van der Waals surface area contributed by atoms with Crippen molar-refractivity contribution in [3.05, 3.63) is 49.4 Å². The Balaban J connectivity index is 2.01. The summed E-state index contributed by atoms with van der Waals surface area (Å²) in [6, 6.07) is 5.06. The third-order valence-electron chi connectivity index (χ3n) is 2.32. The molecule has 2 aromatic rings. The van der Waals surface area contributed by atoms with Crippen LogP contribution < -0.4 is 5.32 Å². The highest BCUT2D eigenvalue weighted by Gasteiger charge is 2.15. The summed E-state index contributed by atoms with van der Waals surface area (Å²) >= 11 is 6.37. The van der Waals surface area contributed by atoms with Crippen LogP contribution in [0.25, 0.3) is 0 Å². The second-order valence-corrected chi connectivity index (χ2v) is 5.36. The van der Waals surface area contributed by atoms with Crippen LogP contribution >= 0.6 is 31.9 Å². The minimum absolute atomic E-state index is 0.0602. The number of nitrogens with zero attached hydrogens (tertiary/aromatic N) is 2. The van der Waals surface area contributed by atoms with Crippen molar-refractivity contribution in [3.63, 3.8) is 0 Å². The van der Waals surface area contributed by atoms with Crippen molar-refractivity contribution in [2.24, 2.45) is 0 Å². The Labute approximate surface area is 125 Å². The summed E-state index contributed by atoms with van der Waals surface area (Å²) in [5, 5.41) is 13.8. The summed E-state index contributed by atoms with van der Waals surface area (Å²) in [5.41, 5.74) is -0.0602. The molecule has 0 aromatic carbocycles. The van der Waals surface area contributed by atoms with E-state index < -0.39 is 4.92 Å². The molecule has 0 saturated heterocycles. The number of pyridine rings is 1. The zero-order valence-electron chi connectivity index (χ0n) is 9.60. The predicted octanol–water partition coefficient (Wildman–Crippen LogP) is 3.76. The molecule has 0 radical (unpaired) electrons. The van der Waals surface area contributed by atoms with Gasteiger partial charge in [-0.1, -0.05) is 0 Å². The molecule has 0 spiro atoms. The summed E-state index contributed by atoms with van der Waals surface area (Å²) < 4.78 is 6.56. The van der Waals surface area contributed by atoms with Crippen molar-refractivity contribution in [2.45, 2.75) is 6.42 Å². The quantitative estimate of drug-likeness (QED) is 0.620. The van der Waals surface area contributed by atoms with Crippen LogP contribution in [0.2, 0.25) is 0 Å². The third kappa shape index (κ3) is 3.77. The van der Waals surface area contributed by atoms with Gasteiger partial charge in [0.15, 0.2) is 4.67 Å². The van der Waals surface area contributed by atoms with Gasteiger partial charge in [0.2, 0.25) is 5.82 Å². The molecule has 0 saturated carbocycles. The summed E-state index contributed by atoms with van der Waals surface area (Å²) in [4.78, 5) is 14.4. The van der Waals surface area contributed by atoms with E-state index in [1.807, 2.05) is 6.07 Å². The van der Waals surface area contributed by atoms with Gasteiger partial charge in [-0.15, -0.1) is 0 Å². The highest BCUT2D eigenvalue weighted by Crippen LogP contribution is 2.25. The Bertz CT molecular complexity index is 601. The first-order valence-electron chi connectivity index (χ1n) is 5.34. The van der Waals surface area contributed by atoms with E-state index in [1.165, 1.54) is 12.3 Å². The van der Waals surface area contributed by atoms with Gasteiger partial charge < -0.3 is 9.73 Å². The summed E-state index contributed by atoms with van der Waals surface area (Å²) in [5.74, 6) is 1.04. The highest BCUT2D eigenvalue weighted by molar-refractivity contribution is 9.10. The lowest BCUT2D eigenvalue weighted by atomic mass is 10.3. The summed E-state index contributed by atoms with van der Waals surface area (Å²) in [6.07, 6.45) is 2.12. The first-order chi connectivity index (χ1) is 9.06. The lowest BCUT2D eigenvalue weighted by molar-refractivity contribution is -0.384. The fraction of sp³-hybridized carbons (Fsp3) is 0.182. The van der Waals surface area contributed by atoms with Gasteiger partial charge in [-0.25, -0.2) is 4.98 Å². The number of anilines is 1. The molecule has 0 aliphatic carbocycles. The van der Waals surface area contributed by atoms with Gasteiger partial charge in [0.25, 0.3) is 0 Å². The lowest BCUT2D eigenvalue weighted by Crippen LogP contribution is -2.08. The van der Waals surface area contributed by atoms with E-state index in [1.54, 1.807) is 6.07 Å². The van der Waals surface area contributed by atoms with Gasteiger partial charge >= 0.3 is 5.69 Å². The summed E-state index contributed by atoms with van der Waals surface area (Å²) in [6.45, 7) is 0.495. The van der Waals surface area contributed by atoms with Gasteiger partial charge in [-0.3, -0.25) is 10.1 Å². The van der Waals surface area contributed by atoms with Crippen molar-refractivity contribution in [1.82, 2.24) is 4.98 Å². The van der Waals surface area contributed by atoms with Crippen molar-refractivity contribution in [1.29, 1.82) is 0 Å². The van der Waals surface area contributed by atoms with Crippen LogP contribution in [0.1, 0.15) is 5.76 Å². The second-order valence-electron chi connectivity index (χ2n) is 3.66. The zero-order chi connectivity index (χ0) is 13.8. The Morgan fingerprint density at radius 3 is 2.84 bits per heavy atom. The maximum Gasteiger partial charge on any atom is 0.312 e. The first-order valence-corrected chi connectivity index (χ1v) is 6.93. The molecule has 1 N–H and O–H groups in total. The average molecular weight is 391 g/mol. The van der Waals surface area contributed by atoms with Crippen LogP contribution in [0.3, 0.4) is 0 Å². The van der Waals surface area contributed by atoms with Crippen LogP contribution in [0.15, 0.2) is 38.0 Å². The topological polar surface area (TPSA) is 81.2 Å². The minimum atomic E-state index is -0.469. The molecule has 100 valence electrons. The molecule has 19 heavy (non-hydrogen) atoms. The molecule has 6 nitrogen and oxygen atoms in total. The molecule has 2 heterocycles.